The molecule has 0 aromatic rings. The summed E-state index contributed by atoms with van der Waals surface area (Å²) in [4.78, 5) is 10.9. The SMILES string of the molecule is COCCOCCOCC(=O)OC(O)CO. The quantitative estimate of drug-likeness (QED) is 0.272. The summed E-state index contributed by atoms with van der Waals surface area (Å²) in [5, 5.41) is 17.1. The number of hydrogen-bond donors (Lipinski definition) is 2. The van der Waals surface area contributed by atoms with E-state index in [2.05, 4.69) is 4.74 Å². The van der Waals surface area contributed by atoms with Gasteiger partial charge in [-0.3, -0.25) is 0 Å². The first-order valence-electron chi connectivity index (χ1n) is 4.83. The monoisotopic (exact) mass is 238 g/mol. The summed E-state index contributed by atoms with van der Waals surface area (Å²) < 4.78 is 19.0. The van der Waals surface area contributed by atoms with E-state index in [9.17, 15) is 4.79 Å². The second-order valence-electron chi connectivity index (χ2n) is 2.78. The van der Waals surface area contributed by atoms with Crippen LogP contribution < -0.4 is 0 Å². The Balaban J connectivity index is 3.21. The van der Waals surface area contributed by atoms with Gasteiger partial charge < -0.3 is 29.2 Å². The van der Waals surface area contributed by atoms with E-state index in [1.54, 1.807) is 7.11 Å². The summed E-state index contributed by atoms with van der Waals surface area (Å²) >= 11 is 0. The molecular formula is C9H18O7. The molecule has 0 saturated heterocycles. The third-order valence-corrected chi connectivity index (χ3v) is 1.45. The van der Waals surface area contributed by atoms with Crippen molar-refractivity contribution in [2.45, 2.75) is 6.29 Å². The van der Waals surface area contributed by atoms with E-state index in [0.29, 0.717) is 19.8 Å². The van der Waals surface area contributed by atoms with E-state index in [1.807, 2.05) is 0 Å². The molecule has 7 nitrogen and oxygen atoms in total. The first kappa shape index (κ1) is 15.3. The van der Waals surface area contributed by atoms with Gasteiger partial charge in [0.1, 0.15) is 13.2 Å². The molecule has 0 aliphatic rings. The molecule has 96 valence electrons. The molecule has 0 amide bonds. The van der Waals surface area contributed by atoms with Gasteiger partial charge in [0.2, 0.25) is 6.29 Å². The molecule has 0 saturated carbocycles. The Morgan fingerprint density at radius 2 is 1.81 bits per heavy atom. The minimum absolute atomic E-state index is 0.244. The van der Waals surface area contributed by atoms with Gasteiger partial charge in [-0.05, 0) is 0 Å². The normalized spacial score (nSPS) is 12.4. The van der Waals surface area contributed by atoms with Crippen molar-refractivity contribution in [2.75, 3.05) is 46.8 Å². The summed E-state index contributed by atoms with van der Waals surface area (Å²) in [5.74, 6) is -0.738. The first-order valence-corrected chi connectivity index (χ1v) is 4.83. The van der Waals surface area contributed by atoms with Crippen LogP contribution in [0.15, 0.2) is 0 Å². The Kier molecular flexibility index (Phi) is 10.3. The number of methoxy groups -OCH3 is 1. The molecule has 0 heterocycles. The van der Waals surface area contributed by atoms with Crippen LogP contribution >= 0.6 is 0 Å². The predicted molar refractivity (Wildman–Crippen MR) is 52.7 cm³/mol. The van der Waals surface area contributed by atoms with Gasteiger partial charge in [-0.1, -0.05) is 0 Å². The molecule has 16 heavy (non-hydrogen) atoms. The average molecular weight is 238 g/mol. The largest absolute Gasteiger partial charge is 0.432 e. The van der Waals surface area contributed by atoms with Crippen molar-refractivity contribution < 1.29 is 34.0 Å². The number of hydrogen-bond acceptors (Lipinski definition) is 7. The highest BCUT2D eigenvalue weighted by Gasteiger charge is 2.09. The van der Waals surface area contributed by atoms with Gasteiger partial charge in [-0.15, -0.1) is 0 Å². The Bertz CT molecular complexity index is 173. The number of ether oxygens (including phenoxy) is 4. The van der Waals surface area contributed by atoms with Crippen LogP contribution in [0.25, 0.3) is 0 Å². The maximum absolute atomic E-state index is 10.9. The van der Waals surface area contributed by atoms with Gasteiger partial charge in [0, 0.05) is 7.11 Å². The van der Waals surface area contributed by atoms with Crippen molar-refractivity contribution in [2.24, 2.45) is 0 Å². The molecule has 0 fully saturated rings. The smallest absolute Gasteiger partial charge is 0.334 e. The summed E-state index contributed by atoms with van der Waals surface area (Å²) in [5.41, 5.74) is 0. The number of esters is 1. The van der Waals surface area contributed by atoms with Crippen molar-refractivity contribution in [1.29, 1.82) is 0 Å². The maximum atomic E-state index is 10.9. The Hall–Kier alpha value is -0.730. The molecule has 7 heteroatoms. The maximum Gasteiger partial charge on any atom is 0.334 e. The van der Waals surface area contributed by atoms with Crippen LogP contribution in [0, 0.1) is 0 Å². The summed E-state index contributed by atoms with van der Waals surface area (Å²) in [7, 11) is 1.57. The number of aliphatic hydroxyl groups excluding tert-OH is 2. The van der Waals surface area contributed by atoms with Crippen LogP contribution in [0.4, 0.5) is 0 Å². The van der Waals surface area contributed by atoms with Gasteiger partial charge in [0.25, 0.3) is 0 Å². The van der Waals surface area contributed by atoms with Crippen LogP contribution in [-0.4, -0.2) is 69.2 Å². The second kappa shape index (κ2) is 10.8. The van der Waals surface area contributed by atoms with E-state index in [0.717, 1.165) is 0 Å². The van der Waals surface area contributed by atoms with Crippen molar-refractivity contribution in [1.82, 2.24) is 0 Å². The van der Waals surface area contributed by atoms with Crippen LogP contribution in [-0.2, 0) is 23.7 Å². The third kappa shape index (κ3) is 9.81. The molecule has 0 aliphatic carbocycles. The average Bonchev–Trinajstić information content (AvgIpc) is 2.27. The minimum Gasteiger partial charge on any atom is -0.432 e. The van der Waals surface area contributed by atoms with Gasteiger partial charge in [0.05, 0.1) is 26.4 Å². The highest BCUT2D eigenvalue weighted by molar-refractivity contribution is 5.70. The van der Waals surface area contributed by atoms with Crippen molar-refractivity contribution >= 4 is 5.97 Å². The van der Waals surface area contributed by atoms with Gasteiger partial charge in [0.15, 0.2) is 0 Å². The fourth-order valence-electron chi connectivity index (χ4n) is 0.741. The predicted octanol–water partition coefficient (Wildman–Crippen LogP) is -1.48. The Morgan fingerprint density at radius 1 is 1.19 bits per heavy atom. The summed E-state index contributed by atoms with van der Waals surface area (Å²) in [6.07, 6.45) is -1.49. The molecular weight excluding hydrogens is 220 g/mol. The highest BCUT2D eigenvalue weighted by Crippen LogP contribution is 1.88. The van der Waals surface area contributed by atoms with Gasteiger partial charge >= 0.3 is 5.97 Å². The Morgan fingerprint density at radius 3 is 2.44 bits per heavy atom. The van der Waals surface area contributed by atoms with Crippen LogP contribution in [0.2, 0.25) is 0 Å². The van der Waals surface area contributed by atoms with E-state index in [4.69, 9.17) is 24.4 Å². The molecule has 0 bridgehead atoms. The van der Waals surface area contributed by atoms with Crippen molar-refractivity contribution in [3.05, 3.63) is 0 Å². The minimum atomic E-state index is -1.49. The lowest BCUT2D eigenvalue weighted by Gasteiger charge is -2.09. The van der Waals surface area contributed by atoms with Crippen LogP contribution in [0.1, 0.15) is 0 Å². The van der Waals surface area contributed by atoms with Crippen molar-refractivity contribution in [3.63, 3.8) is 0 Å². The standard InChI is InChI=1S/C9H18O7/c1-13-2-3-14-4-5-15-7-9(12)16-8(11)6-10/h8,10-11H,2-7H2,1H3. The molecule has 1 unspecified atom stereocenters. The molecule has 0 aliphatic heterocycles. The lowest BCUT2D eigenvalue weighted by Crippen LogP contribution is -2.24. The summed E-state index contributed by atoms with van der Waals surface area (Å²) in [6, 6.07) is 0. The zero-order chi connectivity index (χ0) is 12.2. The lowest BCUT2D eigenvalue weighted by atomic mass is 10.6. The molecule has 2 N–H and O–H groups in total. The second-order valence-corrected chi connectivity index (χ2v) is 2.78. The molecule has 0 aromatic carbocycles. The van der Waals surface area contributed by atoms with E-state index < -0.39 is 18.9 Å². The molecule has 0 rings (SSSR count). The zero-order valence-corrected chi connectivity index (χ0v) is 9.26. The number of rotatable bonds is 10. The van der Waals surface area contributed by atoms with E-state index >= 15 is 0 Å². The van der Waals surface area contributed by atoms with Gasteiger partial charge in [-0.2, -0.15) is 0 Å². The van der Waals surface area contributed by atoms with Crippen molar-refractivity contribution in [3.8, 4) is 0 Å². The van der Waals surface area contributed by atoms with Gasteiger partial charge in [-0.25, -0.2) is 4.79 Å². The van der Waals surface area contributed by atoms with Crippen LogP contribution in [0.3, 0.4) is 0 Å². The zero-order valence-electron chi connectivity index (χ0n) is 9.26. The fraction of sp³-hybridized carbons (Fsp3) is 0.889. The molecule has 0 spiro atoms. The molecule has 0 radical (unpaired) electrons. The summed E-state index contributed by atoms with van der Waals surface area (Å²) in [6.45, 7) is 0.641. The first-order chi connectivity index (χ1) is 7.70. The van der Waals surface area contributed by atoms with E-state index in [1.165, 1.54) is 0 Å². The van der Waals surface area contributed by atoms with Crippen LogP contribution in [0.5, 0.6) is 0 Å². The lowest BCUT2D eigenvalue weighted by molar-refractivity contribution is -0.178. The number of carbonyl (C=O) groups excluding carboxylic acids is 1. The highest BCUT2D eigenvalue weighted by atomic mass is 16.7. The number of aliphatic hydroxyl groups is 2. The molecule has 0 aromatic heterocycles. The number of carbonyl (C=O) groups is 1. The topological polar surface area (TPSA) is 94.5 Å². The fourth-order valence-corrected chi connectivity index (χ4v) is 0.741. The Labute approximate surface area is 93.9 Å². The molecule has 1 atom stereocenters. The van der Waals surface area contributed by atoms with E-state index in [-0.39, 0.29) is 13.2 Å². The third-order valence-electron chi connectivity index (χ3n) is 1.45.